The number of rotatable bonds is 0. The molecule has 0 atom stereocenters. The van der Waals surface area contributed by atoms with Gasteiger partial charge >= 0.3 is 0 Å². The highest BCUT2D eigenvalue weighted by atomic mass is 79.9. The zero-order chi connectivity index (χ0) is 7.84. The van der Waals surface area contributed by atoms with Crippen LogP contribution in [0.1, 0.15) is 0 Å². The Morgan fingerprint density at radius 3 is 2.91 bits per heavy atom. The molecule has 0 spiro atoms. The second kappa shape index (κ2) is 2.60. The second-order valence-electron chi connectivity index (χ2n) is 2.13. The standard InChI is InChI=1S/C7H4Br2N2/c8-5-2-1-3-11-6(9)4-10-7(5)11/h1-4H. The molecular weight excluding hydrogens is 272 g/mol. The molecule has 11 heavy (non-hydrogen) atoms. The van der Waals surface area contributed by atoms with E-state index in [1.165, 1.54) is 0 Å². The minimum absolute atomic E-state index is 0.930. The van der Waals surface area contributed by atoms with E-state index in [0.29, 0.717) is 0 Å². The number of nitrogens with zero attached hydrogens (tertiary/aromatic N) is 2. The van der Waals surface area contributed by atoms with Crippen molar-refractivity contribution in [1.82, 2.24) is 9.38 Å². The van der Waals surface area contributed by atoms with Gasteiger partial charge in [-0.15, -0.1) is 0 Å². The molecule has 4 heteroatoms. The van der Waals surface area contributed by atoms with Gasteiger partial charge in [-0.3, -0.25) is 4.40 Å². The lowest BCUT2D eigenvalue weighted by Crippen LogP contribution is -1.83. The number of pyridine rings is 1. The molecule has 0 radical (unpaired) electrons. The third kappa shape index (κ3) is 1.10. The Morgan fingerprint density at radius 2 is 2.18 bits per heavy atom. The number of aromatic nitrogens is 2. The molecule has 0 aromatic carbocycles. The van der Waals surface area contributed by atoms with Crippen LogP contribution in [0, 0.1) is 0 Å². The normalized spacial score (nSPS) is 10.7. The first kappa shape index (κ1) is 7.31. The zero-order valence-electron chi connectivity index (χ0n) is 5.46. The van der Waals surface area contributed by atoms with Crippen molar-refractivity contribution < 1.29 is 0 Å². The van der Waals surface area contributed by atoms with E-state index in [4.69, 9.17) is 0 Å². The number of fused-ring (bicyclic) bond motifs is 1. The molecule has 2 aromatic rings. The maximum Gasteiger partial charge on any atom is 0.151 e. The Morgan fingerprint density at radius 1 is 1.36 bits per heavy atom. The van der Waals surface area contributed by atoms with E-state index in [-0.39, 0.29) is 0 Å². The lowest BCUT2D eigenvalue weighted by atomic mass is 10.5. The average Bonchev–Trinajstić information content (AvgIpc) is 2.35. The van der Waals surface area contributed by atoms with E-state index in [0.717, 1.165) is 14.7 Å². The molecule has 0 saturated heterocycles. The van der Waals surface area contributed by atoms with Gasteiger partial charge < -0.3 is 0 Å². The molecular formula is C7H4Br2N2. The third-order valence-electron chi connectivity index (χ3n) is 1.44. The van der Waals surface area contributed by atoms with Crippen molar-refractivity contribution in [2.75, 3.05) is 0 Å². The summed E-state index contributed by atoms with van der Waals surface area (Å²) in [5.41, 5.74) is 0.930. The van der Waals surface area contributed by atoms with E-state index < -0.39 is 0 Å². The van der Waals surface area contributed by atoms with Crippen molar-refractivity contribution in [3.63, 3.8) is 0 Å². The monoisotopic (exact) mass is 274 g/mol. The zero-order valence-corrected chi connectivity index (χ0v) is 8.63. The smallest absolute Gasteiger partial charge is 0.151 e. The van der Waals surface area contributed by atoms with Crippen molar-refractivity contribution in [1.29, 1.82) is 0 Å². The molecule has 0 fully saturated rings. The maximum absolute atomic E-state index is 4.19. The van der Waals surface area contributed by atoms with Crippen molar-refractivity contribution in [2.45, 2.75) is 0 Å². The summed E-state index contributed by atoms with van der Waals surface area (Å²) in [6.07, 6.45) is 3.73. The SMILES string of the molecule is Brc1cccn2c(Br)cnc12. The van der Waals surface area contributed by atoms with Gasteiger partial charge in [-0.05, 0) is 44.0 Å². The minimum Gasteiger partial charge on any atom is -0.293 e. The summed E-state index contributed by atoms with van der Waals surface area (Å²) in [5.74, 6) is 0. The van der Waals surface area contributed by atoms with Gasteiger partial charge in [0.05, 0.1) is 10.7 Å². The first-order chi connectivity index (χ1) is 5.29. The van der Waals surface area contributed by atoms with Gasteiger partial charge in [0.15, 0.2) is 5.65 Å². The molecule has 0 aliphatic carbocycles. The number of halogens is 2. The van der Waals surface area contributed by atoms with Gasteiger partial charge in [0.1, 0.15) is 4.60 Å². The summed E-state index contributed by atoms with van der Waals surface area (Å²) in [6, 6.07) is 3.93. The molecule has 0 aliphatic heterocycles. The molecule has 2 heterocycles. The highest BCUT2D eigenvalue weighted by Crippen LogP contribution is 2.19. The summed E-state index contributed by atoms with van der Waals surface area (Å²) < 4.78 is 3.93. The number of hydrogen-bond acceptors (Lipinski definition) is 1. The Bertz CT molecular complexity index is 394. The van der Waals surface area contributed by atoms with Crippen molar-refractivity contribution in [2.24, 2.45) is 0 Å². The Hall–Kier alpha value is -0.350. The quantitative estimate of drug-likeness (QED) is 0.723. The first-order valence-electron chi connectivity index (χ1n) is 3.06. The second-order valence-corrected chi connectivity index (χ2v) is 3.80. The van der Waals surface area contributed by atoms with Crippen LogP contribution < -0.4 is 0 Å². The molecule has 0 unspecified atom stereocenters. The Labute approximate surface area is 80.5 Å². The lowest BCUT2D eigenvalue weighted by molar-refractivity contribution is 1.15. The van der Waals surface area contributed by atoms with E-state index in [1.54, 1.807) is 6.20 Å². The summed E-state index contributed by atoms with van der Waals surface area (Å²) in [7, 11) is 0. The van der Waals surface area contributed by atoms with Crippen LogP contribution in [0.3, 0.4) is 0 Å². The van der Waals surface area contributed by atoms with Crippen LogP contribution in [0.4, 0.5) is 0 Å². The van der Waals surface area contributed by atoms with Gasteiger partial charge in [-0.2, -0.15) is 0 Å². The van der Waals surface area contributed by atoms with E-state index in [2.05, 4.69) is 36.8 Å². The van der Waals surface area contributed by atoms with Crippen LogP contribution in [-0.2, 0) is 0 Å². The van der Waals surface area contributed by atoms with Crippen LogP contribution in [0.15, 0.2) is 33.6 Å². The fourth-order valence-electron chi connectivity index (χ4n) is 0.947. The predicted molar refractivity (Wildman–Crippen MR) is 50.6 cm³/mol. The predicted octanol–water partition coefficient (Wildman–Crippen LogP) is 2.86. The largest absolute Gasteiger partial charge is 0.293 e. The number of hydrogen-bond donors (Lipinski definition) is 0. The van der Waals surface area contributed by atoms with Gasteiger partial charge in [0, 0.05) is 6.20 Å². The minimum atomic E-state index is 0.930. The van der Waals surface area contributed by atoms with Gasteiger partial charge in [-0.1, -0.05) is 0 Å². The van der Waals surface area contributed by atoms with E-state index >= 15 is 0 Å². The molecule has 2 rings (SSSR count). The average molecular weight is 276 g/mol. The third-order valence-corrected chi connectivity index (χ3v) is 2.65. The molecule has 2 nitrogen and oxygen atoms in total. The lowest BCUT2D eigenvalue weighted by Gasteiger charge is -1.94. The number of imidazole rings is 1. The van der Waals surface area contributed by atoms with Gasteiger partial charge in [0.25, 0.3) is 0 Å². The highest BCUT2D eigenvalue weighted by molar-refractivity contribution is 9.11. The summed E-state index contributed by atoms with van der Waals surface area (Å²) in [5, 5.41) is 0. The van der Waals surface area contributed by atoms with Crippen molar-refractivity contribution in [3.05, 3.63) is 33.6 Å². The molecule has 0 aliphatic rings. The van der Waals surface area contributed by atoms with Crippen LogP contribution in [0.5, 0.6) is 0 Å². The van der Waals surface area contributed by atoms with Gasteiger partial charge in [-0.25, -0.2) is 4.98 Å². The van der Waals surface area contributed by atoms with E-state index in [1.807, 2.05) is 22.7 Å². The van der Waals surface area contributed by atoms with Crippen molar-refractivity contribution >= 4 is 37.5 Å². The fraction of sp³-hybridized carbons (Fsp3) is 0. The first-order valence-corrected chi connectivity index (χ1v) is 4.65. The molecule has 0 bridgehead atoms. The maximum atomic E-state index is 4.19. The molecule has 0 saturated carbocycles. The summed E-state index contributed by atoms with van der Waals surface area (Å²) >= 11 is 6.79. The van der Waals surface area contributed by atoms with Crippen molar-refractivity contribution in [3.8, 4) is 0 Å². The van der Waals surface area contributed by atoms with Gasteiger partial charge in [0.2, 0.25) is 0 Å². The van der Waals surface area contributed by atoms with Crippen LogP contribution in [0.25, 0.3) is 5.65 Å². The molecule has 56 valence electrons. The molecule has 0 amide bonds. The Balaban J connectivity index is 2.94. The fourth-order valence-corrected chi connectivity index (χ4v) is 1.78. The Kier molecular flexibility index (Phi) is 1.73. The van der Waals surface area contributed by atoms with Crippen LogP contribution in [-0.4, -0.2) is 9.38 Å². The topological polar surface area (TPSA) is 17.3 Å². The molecule has 0 N–H and O–H groups in total. The summed E-state index contributed by atoms with van der Waals surface area (Å²) in [6.45, 7) is 0. The van der Waals surface area contributed by atoms with Crippen LogP contribution >= 0.6 is 31.9 Å². The van der Waals surface area contributed by atoms with Crippen LogP contribution in [0.2, 0.25) is 0 Å². The molecule has 2 aromatic heterocycles. The van der Waals surface area contributed by atoms with E-state index in [9.17, 15) is 0 Å². The summed E-state index contributed by atoms with van der Waals surface area (Å²) in [4.78, 5) is 4.19. The highest BCUT2D eigenvalue weighted by Gasteiger charge is 2.01.